The Hall–Kier alpha value is -1.40. The van der Waals surface area contributed by atoms with Gasteiger partial charge in [-0.25, -0.2) is 4.21 Å². The van der Waals surface area contributed by atoms with Crippen molar-refractivity contribution in [2.45, 2.75) is 29.9 Å². The van der Waals surface area contributed by atoms with Crippen LogP contribution >= 0.6 is 11.8 Å². The Bertz CT molecular complexity index is 834. The molecule has 1 saturated heterocycles. The summed E-state index contributed by atoms with van der Waals surface area (Å²) in [6.45, 7) is 3.16. The van der Waals surface area contributed by atoms with Crippen molar-refractivity contribution in [3.63, 3.8) is 0 Å². The molecule has 148 valence electrons. The monoisotopic (exact) mass is 413 g/mol. The van der Waals surface area contributed by atoms with Crippen LogP contribution in [0.2, 0.25) is 0 Å². The zero-order valence-corrected chi connectivity index (χ0v) is 18.0. The number of likely N-dealkylation sites (tertiary alicyclic amines) is 1. The Balaban J connectivity index is 1.57. The van der Waals surface area contributed by atoms with E-state index in [0.717, 1.165) is 44.6 Å². The van der Waals surface area contributed by atoms with Gasteiger partial charge in [-0.15, -0.1) is 11.8 Å². The molecule has 0 spiro atoms. The minimum atomic E-state index is -1.13. The van der Waals surface area contributed by atoms with Crippen molar-refractivity contribution in [3.05, 3.63) is 70.8 Å². The molecular weight excluding hydrogens is 386 g/mol. The van der Waals surface area contributed by atoms with Crippen LogP contribution in [0.25, 0.3) is 5.57 Å². The van der Waals surface area contributed by atoms with Gasteiger partial charge in [-0.1, -0.05) is 48.0 Å². The molecule has 0 aromatic heterocycles. The molecule has 2 aromatic rings. The van der Waals surface area contributed by atoms with Gasteiger partial charge in [-0.3, -0.25) is 4.18 Å². The molecule has 3 nitrogen and oxygen atoms in total. The van der Waals surface area contributed by atoms with Gasteiger partial charge in [0.05, 0.1) is 12.9 Å². The third kappa shape index (κ3) is 4.43. The van der Waals surface area contributed by atoms with Crippen molar-refractivity contribution in [3.8, 4) is 0 Å². The van der Waals surface area contributed by atoms with Crippen LogP contribution < -0.4 is 0 Å². The summed E-state index contributed by atoms with van der Waals surface area (Å²) in [5.74, 6) is 1.66. The zero-order chi connectivity index (χ0) is 19.3. The van der Waals surface area contributed by atoms with E-state index in [1.165, 1.54) is 34.3 Å². The average Bonchev–Trinajstić information content (AvgIpc) is 2.91. The van der Waals surface area contributed by atoms with Crippen LogP contribution in [0.3, 0.4) is 0 Å². The molecule has 4 rings (SSSR count). The Morgan fingerprint density at radius 2 is 1.75 bits per heavy atom. The second-order valence-corrected chi connectivity index (χ2v) is 9.66. The summed E-state index contributed by atoms with van der Waals surface area (Å²) < 4.78 is 16.3. The van der Waals surface area contributed by atoms with Crippen molar-refractivity contribution in [1.82, 2.24) is 4.90 Å². The third-order valence-corrected chi connectivity index (χ3v) is 7.73. The van der Waals surface area contributed by atoms with Crippen LogP contribution in [0.5, 0.6) is 0 Å². The van der Waals surface area contributed by atoms with Crippen LogP contribution in [0.1, 0.15) is 36.0 Å². The summed E-state index contributed by atoms with van der Waals surface area (Å²) in [6.07, 6.45) is 3.14. The molecular formula is C23H27NO2S2. The van der Waals surface area contributed by atoms with Gasteiger partial charge in [0.1, 0.15) is 0 Å². The van der Waals surface area contributed by atoms with Crippen molar-refractivity contribution in [1.29, 1.82) is 0 Å². The largest absolute Gasteiger partial charge is 0.303 e. The van der Waals surface area contributed by atoms with E-state index in [2.05, 4.69) is 53.4 Å². The number of fused-ring (bicyclic) bond motifs is 2. The Morgan fingerprint density at radius 1 is 1.04 bits per heavy atom. The maximum Gasteiger partial charge on any atom is 0.155 e. The van der Waals surface area contributed by atoms with Gasteiger partial charge in [0.15, 0.2) is 11.1 Å². The van der Waals surface area contributed by atoms with Crippen LogP contribution in [0.4, 0.5) is 0 Å². The van der Waals surface area contributed by atoms with E-state index in [0.29, 0.717) is 5.75 Å². The fraction of sp³-hybridized carbons (Fsp3) is 0.391. The van der Waals surface area contributed by atoms with Crippen LogP contribution in [0, 0.1) is 0 Å². The molecule has 1 fully saturated rings. The second kappa shape index (κ2) is 9.40. The zero-order valence-electron chi connectivity index (χ0n) is 16.4. The fourth-order valence-electron chi connectivity index (χ4n) is 4.16. The van der Waals surface area contributed by atoms with E-state index >= 15 is 0 Å². The molecule has 0 N–H and O–H groups in total. The number of piperidine rings is 1. The lowest BCUT2D eigenvalue weighted by atomic mass is 9.86. The van der Waals surface area contributed by atoms with E-state index in [9.17, 15) is 4.21 Å². The van der Waals surface area contributed by atoms with Gasteiger partial charge < -0.3 is 4.90 Å². The van der Waals surface area contributed by atoms with Crippen molar-refractivity contribution >= 4 is 28.4 Å². The molecule has 2 aliphatic rings. The smallest absolute Gasteiger partial charge is 0.155 e. The maximum absolute atomic E-state index is 11.4. The van der Waals surface area contributed by atoms with Crippen LogP contribution in [-0.4, -0.2) is 41.6 Å². The predicted octanol–water partition coefficient (Wildman–Crippen LogP) is 4.89. The van der Waals surface area contributed by atoms with Crippen molar-refractivity contribution in [2.24, 2.45) is 0 Å². The molecule has 5 heteroatoms. The second-order valence-electron chi connectivity index (χ2n) is 7.29. The predicted molar refractivity (Wildman–Crippen MR) is 119 cm³/mol. The number of nitrogens with zero attached hydrogens (tertiary/aromatic N) is 1. The summed E-state index contributed by atoms with van der Waals surface area (Å²) in [7, 11) is 1.51. The van der Waals surface area contributed by atoms with Gasteiger partial charge in [-0.05, 0) is 54.1 Å². The fourth-order valence-corrected chi connectivity index (χ4v) is 5.75. The van der Waals surface area contributed by atoms with Crippen molar-refractivity contribution < 1.29 is 8.39 Å². The lowest BCUT2D eigenvalue weighted by Gasteiger charge is -2.30. The van der Waals surface area contributed by atoms with Crippen LogP contribution in [0.15, 0.2) is 59.0 Å². The Kier molecular flexibility index (Phi) is 6.68. The van der Waals surface area contributed by atoms with Gasteiger partial charge in [0.2, 0.25) is 0 Å². The highest BCUT2D eigenvalue weighted by Crippen LogP contribution is 2.43. The first-order chi connectivity index (χ1) is 13.8. The highest BCUT2D eigenvalue weighted by Gasteiger charge is 2.23. The first kappa shape index (κ1) is 19.9. The lowest BCUT2D eigenvalue weighted by molar-refractivity contribution is 0.257. The lowest BCUT2D eigenvalue weighted by Crippen LogP contribution is -2.32. The number of rotatable bonds is 5. The standard InChI is InChI=1S/C23H27NO2S2/c1-26-28(25)16-6-13-24-14-11-18(12-15-24)23-20-8-3-2-7-19(20)17-27-22-10-5-4-9-21(22)23/h2-5,7-10H,6,11-17H2,1H3. The van der Waals surface area contributed by atoms with Gasteiger partial charge in [0, 0.05) is 23.7 Å². The molecule has 2 aromatic carbocycles. The summed E-state index contributed by atoms with van der Waals surface area (Å²) in [6, 6.07) is 17.8. The molecule has 2 aliphatic heterocycles. The van der Waals surface area contributed by atoms with E-state index in [-0.39, 0.29) is 0 Å². The van der Waals surface area contributed by atoms with Gasteiger partial charge in [0.25, 0.3) is 0 Å². The maximum atomic E-state index is 11.4. The van der Waals surface area contributed by atoms with E-state index in [4.69, 9.17) is 4.18 Å². The van der Waals surface area contributed by atoms with E-state index < -0.39 is 11.1 Å². The quantitative estimate of drug-likeness (QED) is 0.698. The molecule has 2 heterocycles. The van der Waals surface area contributed by atoms with Gasteiger partial charge >= 0.3 is 0 Å². The highest BCUT2D eigenvalue weighted by molar-refractivity contribution is 7.98. The Morgan fingerprint density at radius 3 is 2.54 bits per heavy atom. The van der Waals surface area contributed by atoms with Crippen molar-refractivity contribution in [2.75, 3.05) is 32.5 Å². The average molecular weight is 414 g/mol. The Labute approximate surface area is 174 Å². The minimum Gasteiger partial charge on any atom is -0.303 e. The first-order valence-electron chi connectivity index (χ1n) is 9.94. The number of thioether (sulfide) groups is 1. The molecule has 0 amide bonds. The molecule has 1 unspecified atom stereocenters. The van der Waals surface area contributed by atoms with E-state index in [1.54, 1.807) is 5.57 Å². The number of hydrogen-bond acceptors (Lipinski definition) is 4. The summed E-state index contributed by atoms with van der Waals surface area (Å²) in [4.78, 5) is 3.89. The molecule has 0 saturated carbocycles. The molecule has 28 heavy (non-hydrogen) atoms. The minimum absolute atomic E-state index is 0.624. The summed E-state index contributed by atoms with van der Waals surface area (Å²) in [5, 5.41) is 0. The molecule has 1 atom stereocenters. The summed E-state index contributed by atoms with van der Waals surface area (Å²) in [5.41, 5.74) is 7.31. The number of hydrogen-bond donors (Lipinski definition) is 0. The van der Waals surface area contributed by atoms with E-state index in [1.807, 2.05) is 11.8 Å². The highest BCUT2D eigenvalue weighted by atomic mass is 32.2. The third-order valence-electron chi connectivity index (χ3n) is 5.61. The molecule has 0 aliphatic carbocycles. The SMILES string of the molecule is COS(=O)CCCN1CCC(=C2c3ccccc3CSc3ccccc32)CC1. The number of benzene rings is 2. The molecule has 0 radical (unpaired) electrons. The van der Waals surface area contributed by atoms with Crippen LogP contribution in [-0.2, 0) is 21.0 Å². The first-order valence-corrected chi connectivity index (χ1v) is 12.2. The normalized spacial score (nSPS) is 18.3. The summed E-state index contributed by atoms with van der Waals surface area (Å²) >= 11 is 0.819. The molecule has 0 bridgehead atoms. The topological polar surface area (TPSA) is 29.5 Å². The van der Waals surface area contributed by atoms with Gasteiger partial charge in [-0.2, -0.15) is 0 Å².